The van der Waals surface area contributed by atoms with Crippen LogP contribution >= 0.6 is 0 Å². The molecule has 0 atom stereocenters. The minimum Gasteiger partial charge on any atom is -0.381 e. The van der Waals surface area contributed by atoms with Gasteiger partial charge in [-0.3, -0.25) is 15.3 Å². The molecule has 0 aromatic carbocycles. The van der Waals surface area contributed by atoms with Crippen LogP contribution in [0.3, 0.4) is 0 Å². The second kappa shape index (κ2) is 10.4. The summed E-state index contributed by atoms with van der Waals surface area (Å²) in [7, 11) is 0. The number of anilines is 1. The highest BCUT2D eigenvalue weighted by Crippen LogP contribution is 2.23. The summed E-state index contributed by atoms with van der Waals surface area (Å²) < 4.78 is 5.39. The number of amides is 4. The van der Waals surface area contributed by atoms with Crippen LogP contribution in [0.25, 0.3) is 11.3 Å². The molecule has 9 heteroatoms. The minimum atomic E-state index is -0.445. The molecule has 0 aliphatic carbocycles. The summed E-state index contributed by atoms with van der Waals surface area (Å²) in [5, 5.41) is 2.79. The van der Waals surface area contributed by atoms with E-state index in [1.807, 2.05) is 44.3 Å². The van der Waals surface area contributed by atoms with E-state index in [1.165, 1.54) is 4.90 Å². The first kappa shape index (κ1) is 23.9. The van der Waals surface area contributed by atoms with Gasteiger partial charge in [0, 0.05) is 61.7 Å². The van der Waals surface area contributed by atoms with E-state index in [0.29, 0.717) is 38.5 Å². The van der Waals surface area contributed by atoms with Crippen LogP contribution in [0.4, 0.5) is 15.4 Å². The molecule has 4 amide bonds. The first-order valence-electron chi connectivity index (χ1n) is 12.3. The number of hydrogen-bond donors (Lipinski definition) is 1. The van der Waals surface area contributed by atoms with Gasteiger partial charge in [-0.05, 0) is 74.6 Å². The van der Waals surface area contributed by atoms with E-state index in [-0.39, 0.29) is 12.1 Å². The molecule has 0 unspecified atom stereocenters. The van der Waals surface area contributed by atoms with Crippen LogP contribution in [0, 0.1) is 13.8 Å². The number of urea groups is 2. The fourth-order valence-corrected chi connectivity index (χ4v) is 4.68. The highest BCUT2D eigenvalue weighted by Gasteiger charge is 2.37. The lowest BCUT2D eigenvalue weighted by Gasteiger charge is -2.30. The monoisotopic (exact) mass is 486 g/mol. The van der Waals surface area contributed by atoms with Gasteiger partial charge in [0.1, 0.15) is 5.82 Å². The van der Waals surface area contributed by atoms with Crippen LogP contribution < -0.4 is 5.32 Å². The number of imide groups is 1. The van der Waals surface area contributed by atoms with Crippen molar-refractivity contribution in [3.63, 3.8) is 0 Å². The molecule has 2 saturated heterocycles. The number of carbonyl (C=O) groups excluding carboxylic acids is 2. The van der Waals surface area contributed by atoms with E-state index in [0.717, 1.165) is 46.6 Å². The molecule has 1 N–H and O–H groups in total. The highest BCUT2D eigenvalue weighted by molar-refractivity contribution is 6.01. The number of pyridine rings is 3. The number of carbonyl (C=O) groups is 2. The Labute approximate surface area is 210 Å². The standard InChI is InChI=1S/C27H30N6O3/c1-18-3-4-22(17-29-18)24-16-20(7-10-28-24)15-21-5-6-25(30-19(21)2)31-26(34)33-12-11-32(27(33)35)23-8-13-36-14-9-23/h3-7,10,16-17,23H,8-9,11-15H2,1-2H3,(H,30,31,34). The van der Waals surface area contributed by atoms with Crippen LogP contribution in [0.1, 0.15) is 35.4 Å². The molecule has 9 nitrogen and oxygen atoms in total. The van der Waals surface area contributed by atoms with Gasteiger partial charge in [-0.1, -0.05) is 6.07 Å². The highest BCUT2D eigenvalue weighted by atomic mass is 16.5. The number of nitrogens with zero attached hydrogens (tertiary/aromatic N) is 5. The third-order valence-corrected chi connectivity index (χ3v) is 6.77. The summed E-state index contributed by atoms with van der Waals surface area (Å²) >= 11 is 0. The Kier molecular flexibility index (Phi) is 6.90. The first-order valence-corrected chi connectivity index (χ1v) is 12.3. The molecule has 5 heterocycles. The topological polar surface area (TPSA) is 101 Å². The second-order valence-corrected chi connectivity index (χ2v) is 9.26. The van der Waals surface area contributed by atoms with Crippen molar-refractivity contribution in [3.8, 4) is 11.3 Å². The molecule has 5 rings (SSSR count). The van der Waals surface area contributed by atoms with Crippen LogP contribution in [0.2, 0.25) is 0 Å². The molecule has 36 heavy (non-hydrogen) atoms. The van der Waals surface area contributed by atoms with Gasteiger partial charge in [-0.2, -0.15) is 0 Å². The van der Waals surface area contributed by atoms with Gasteiger partial charge in [-0.25, -0.2) is 19.5 Å². The largest absolute Gasteiger partial charge is 0.381 e. The Bertz CT molecular complexity index is 1260. The molecule has 2 aliphatic heterocycles. The summed E-state index contributed by atoms with van der Waals surface area (Å²) in [5.74, 6) is 0.430. The summed E-state index contributed by atoms with van der Waals surface area (Å²) in [5.41, 5.74) is 5.80. The second-order valence-electron chi connectivity index (χ2n) is 9.26. The maximum absolute atomic E-state index is 12.8. The smallest absolute Gasteiger partial charge is 0.331 e. The molecule has 3 aromatic rings. The van der Waals surface area contributed by atoms with E-state index >= 15 is 0 Å². The Hall–Kier alpha value is -3.85. The Morgan fingerprint density at radius 2 is 1.92 bits per heavy atom. The third-order valence-electron chi connectivity index (χ3n) is 6.77. The van der Waals surface area contributed by atoms with Gasteiger partial charge >= 0.3 is 12.1 Å². The van der Waals surface area contributed by atoms with Crippen molar-refractivity contribution in [1.82, 2.24) is 24.8 Å². The molecule has 0 saturated carbocycles. The predicted molar refractivity (Wildman–Crippen MR) is 136 cm³/mol. The van der Waals surface area contributed by atoms with Crippen LogP contribution in [-0.2, 0) is 11.2 Å². The third kappa shape index (κ3) is 5.21. The fourth-order valence-electron chi connectivity index (χ4n) is 4.68. The molecule has 2 aliphatic rings. The van der Waals surface area contributed by atoms with Crippen molar-refractivity contribution in [3.05, 3.63) is 71.3 Å². The molecule has 0 spiro atoms. The average molecular weight is 487 g/mol. The van der Waals surface area contributed by atoms with Crippen LogP contribution in [0.15, 0.2) is 48.8 Å². The Morgan fingerprint density at radius 1 is 1.08 bits per heavy atom. The van der Waals surface area contributed by atoms with Crippen molar-refractivity contribution in [2.24, 2.45) is 0 Å². The van der Waals surface area contributed by atoms with Crippen LogP contribution in [0.5, 0.6) is 0 Å². The number of ether oxygens (including phenoxy) is 1. The molecule has 0 radical (unpaired) electrons. The van der Waals surface area contributed by atoms with Gasteiger partial charge in [0.2, 0.25) is 0 Å². The minimum absolute atomic E-state index is 0.139. The number of hydrogen-bond acceptors (Lipinski definition) is 6. The lowest BCUT2D eigenvalue weighted by molar-refractivity contribution is 0.0510. The maximum atomic E-state index is 12.8. The Balaban J connectivity index is 1.23. The summed E-state index contributed by atoms with van der Waals surface area (Å²) in [6, 6.07) is 11.2. The molecule has 0 bridgehead atoms. The zero-order valence-electron chi connectivity index (χ0n) is 20.6. The molecule has 186 valence electrons. The average Bonchev–Trinajstić information content (AvgIpc) is 3.28. The van der Waals surface area contributed by atoms with Gasteiger partial charge in [-0.15, -0.1) is 0 Å². The Morgan fingerprint density at radius 3 is 2.67 bits per heavy atom. The fraction of sp³-hybridized carbons (Fsp3) is 0.370. The lowest BCUT2D eigenvalue weighted by Crippen LogP contribution is -2.44. The zero-order valence-corrected chi connectivity index (χ0v) is 20.6. The molecule has 3 aromatic heterocycles. The number of aryl methyl sites for hydroxylation is 2. The first-order chi connectivity index (χ1) is 17.5. The SMILES string of the molecule is Cc1ccc(-c2cc(Cc3ccc(NC(=O)N4CCN(C5CCOCC5)C4=O)nc3C)ccn2)cn1. The summed E-state index contributed by atoms with van der Waals surface area (Å²) in [6.45, 7) is 6.11. The molecule has 2 fully saturated rings. The van der Waals surface area contributed by atoms with Crippen LogP contribution in [-0.4, -0.2) is 69.2 Å². The van der Waals surface area contributed by atoms with E-state index in [9.17, 15) is 9.59 Å². The number of nitrogens with one attached hydrogen (secondary N) is 1. The van der Waals surface area contributed by atoms with Gasteiger partial charge in [0.15, 0.2) is 0 Å². The predicted octanol–water partition coefficient (Wildman–Crippen LogP) is 4.19. The lowest BCUT2D eigenvalue weighted by atomic mass is 10.0. The van der Waals surface area contributed by atoms with Crippen molar-refractivity contribution in [2.45, 2.75) is 39.2 Å². The molecular weight excluding hydrogens is 456 g/mol. The number of rotatable bonds is 5. The van der Waals surface area contributed by atoms with Gasteiger partial charge in [0.05, 0.1) is 5.69 Å². The van der Waals surface area contributed by atoms with E-state index in [1.54, 1.807) is 17.2 Å². The van der Waals surface area contributed by atoms with Crippen molar-refractivity contribution in [1.29, 1.82) is 0 Å². The maximum Gasteiger partial charge on any atom is 0.331 e. The number of aromatic nitrogens is 3. The van der Waals surface area contributed by atoms with Crippen molar-refractivity contribution < 1.29 is 14.3 Å². The summed E-state index contributed by atoms with van der Waals surface area (Å²) in [4.78, 5) is 42.1. The normalized spacial score (nSPS) is 16.4. The van der Waals surface area contributed by atoms with Gasteiger partial charge < -0.3 is 9.64 Å². The molecular formula is C27H30N6O3. The van der Waals surface area contributed by atoms with Gasteiger partial charge in [0.25, 0.3) is 0 Å². The quantitative estimate of drug-likeness (QED) is 0.580. The van der Waals surface area contributed by atoms with E-state index in [2.05, 4.69) is 26.3 Å². The van der Waals surface area contributed by atoms with Crippen molar-refractivity contribution >= 4 is 17.9 Å². The van der Waals surface area contributed by atoms with E-state index in [4.69, 9.17) is 4.74 Å². The zero-order chi connectivity index (χ0) is 25.1. The summed E-state index contributed by atoms with van der Waals surface area (Å²) in [6.07, 6.45) is 5.94. The van der Waals surface area contributed by atoms with E-state index < -0.39 is 6.03 Å². The van der Waals surface area contributed by atoms with Crippen molar-refractivity contribution in [2.75, 3.05) is 31.6 Å².